The summed E-state index contributed by atoms with van der Waals surface area (Å²) in [5.41, 5.74) is 2.17. The van der Waals surface area contributed by atoms with Crippen molar-refractivity contribution in [2.75, 3.05) is 18.0 Å². The second kappa shape index (κ2) is 4.15. The first-order valence-electron chi connectivity index (χ1n) is 6.86. The van der Waals surface area contributed by atoms with E-state index in [0.29, 0.717) is 16.0 Å². The molecule has 1 aliphatic heterocycles. The van der Waals surface area contributed by atoms with Gasteiger partial charge in [-0.2, -0.15) is 5.26 Å². The lowest BCUT2D eigenvalue weighted by atomic mass is 9.87. The number of halogens is 1. The van der Waals surface area contributed by atoms with Crippen molar-refractivity contribution < 1.29 is 0 Å². The summed E-state index contributed by atoms with van der Waals surface area (Å²) >= 11 is 6.08. The van der Waals surface area contributed by atoms with E-state index in [1.54, 1.807) is 6.07 Å². The highest BCUT2D eigenvalue weighted by Gasteiger charge is 2.59. The molecule has 1 aromatic rings. The van der Waals surface area contributed by atoms with Crippen molar-refractivity contribution in [2.24, 2.45) is 23.2 Å². The van der Waals surface area contributed by atoms with E-state index in [0.717, 1.165) is 36.5 Å². The molecule has 2 aliphatic rings. The Hall–Kier alpha value is -1.20. The number of nitriles is 1. The molecule has 3 heteroatoms. The number of fused-ring (bicyclic) bond motifs is 1. The number of hydrogen-bond acceptors (Lipinski definition) is 2. The van der Waals surface area contributed by atoms with Gasteiger partial charge in [0.05, 0.1) is 11.6 Å². The lowest BCUT2D eigenvalue weighted by Gasteiger charge is -2.27. The molecule has 2 fully saturated rings. The van der Waals surface area contributed by atoms with Gasteiger partial charge in [0.25, 0.3) is 0 Å². The van der Waals surface area contributed by atoms with Crippen LogP contribution >= 0.6 is 11.6 Å². The number of piperidine rings is 1. The maximum absolute atomic E-state index is 9.01. The van der Waals surface area contributed by atoms with Crippen LogP contribution in [-0.2, 0) is 0 Å². The van der Waals surface area contributed by atoms with Crippen LogP contribution in [-0.4, -0.2) is 13.1 Å². The average Bonchev–Trinajstić information content (AvgIpc) is 2.86. The predicted molar refractivity (Wildman–Crippen MR) is 78.3 cm³/mol. The molecule has 0 spiro atoms. The number of hydrogen-bond donors (Lipinski definition) is 0. The minimum Gasteiger partial charge on any atom is -0.371 e. The Labute approximate surface area is 120 Å². The summed E-state index contributed by atoms with van der Waals surface area (Å²) in [6, 6.07) is 7.82. The van der Waals surface area contributed by atoms with Crippen LogP contribution in [0.25, 0.3) is 0 Å². The average molecular weight is 275 g/mol. The standard InChI is InChI=1S/C16H19ClN2/c1-16(2,3)15-13-8-19(9-14(13)15)12-5-10(7-18)4-11(17)6-12/h4-6,13-15H,8-9H2,1-3H3. The van der Waals surface area contributed by atoms with Crippen LogP contribution in [0.3, 0.4) is 0 Å². The van der Waals surface area contributed by atoms with Crippen LogP contribution in [0, 0.1) is 34.5 Å². The largest absolute Gasteiger partial charge is 0.371 e. The SMILES string of the molecule is CC(C)(C)C1C2CN(c3cc(Cl)cc(C#N)c3)CC21. The number of anilines is 1. The Kier molecular flexibility index (Phi) is 2.80. The normalized spacial score (nSPS) is 29.0. The quantitative estimate of drug-likeness (QED) is 0.776. The van der Waals surface area contributed by atoms with Crippen LogP contribution in [0.4, 0.5) is 5.69 Å². The molecule has 1 aromatic carbocycles. The first-order valence-corrected chi connectivity index (χ1v) is 7.23. The molecule has 1 saturated heterocycles. The summed E-state index contributed by atoms with van der Waals surface area (Å²) in [5.74, 6) is 2.51. The van der Waals surface area contributed by atoms with Crippen LogP contribution in [0.5, 0.6) is 0 Å². The summed E-state index contributed by atoms with van der Waals surface area (Å²) < 4.78 is 0. The van der Waals surface area contributed by atoms with E-state index in [2.05, 4.69) is 31.7 Å². The van der Waals surface area contributed by atoms with Crippen LogP contribution in [0.15, 0.2) is 18.2 Å². The Balaban J connectivity index is 1.75. The molecule has 1 heterocycles. The highest BCUT2D eigenvalue weighted by Crippen LogP contribution is 2.60. The van der Waals surface area contributed by atoms with Gasteiger partial charge in [-0.05, 0) is 41.4 Å². The summed E-state index contributed by atoms with van der Waals surface area (Å²) in [7, 11) is 0. The zero-order chi connectivity index (χ0) is 13.8. The molecular formula is C16H19ClN2. The Morgan fingerprint density at radius 2 is 1.84 bits per heavy atom. The third kappa shape index (κ3) is 2.21. The molecule has 0 amide bonds. The van der Waals surface area contributed by atoms with Gasteiger partial charge in [0.15, 0.2) is 0 Å². The fourth-order valence-electron chi connectivity index (χ4n) is 3.84. The summed E-state index contributed by atoms with van der Waals surface area (Å²) in [6.45, 7) is 9.24. The summed E-state index contributed by atoms with van der Waals surface area (Å²) in [6.07, 6.45) is 0. The van der Waals surface area contributed by atoms with Crippen LogP contribution in [0.1, 0.15) is 26.3 Å². The van der Waals surface area contributed by atoms with Gasteiger partial charge in [0.2, 0.25) is 0 Å². The third-order valence-corrected chi connectivity index (χ3v) is 4.79. The highest BCUT2D eigenvalue weighted by atomic mass is 35.5. The van der Waals surface area contributed by atoms with Gasteiger partial charge in [-0.1, -0.05) is 32.4 Å². The van der Waals surface area contributed by atoms with E-state index in [1.807, 2.05) is 12.1 Å². The van der Waals surface area contributed by atoms with Gasteiger partial charge < -0.3 is 4.90 Å². The van der Waals surface area contributed by atoms with Gasteiger partial charge in [-0.3, -0.25) is 0 Å². The number of nitrogens with zero attached hydrogens (tertiary/aromatic N) is 2. The number of benzene rings is 1. The molecule has 0 N–H and O–H groups in total. The van der Waals surface area contributed by atoms with E-state index >= 15 is 0 Å². The zero-order valence-electron chi connectivity index (χ0n) is 11.7. The lowest BCUT2D eigenvalue weighted by Crippen LogP contribution is -2.27. The van der Waals surface area contributed by atoms with E-state index in [1.165, 1.54) is 0 Å². The minimum atomic E-state index is 0.424. The first-order chi connectivity index (χ1) is 8.90. The molecule has 1 aliphatic carbocycles. The van der Waals surface area contributed by atoms with Crippen molar-refractivity contribution >= 4 is 17.3 Å². The monoisotopic (exact) mass is 274 g/mol. The fourth-order valence-corrected chi connectivity index (χ4v) is 4.07. The van der Waals surface area contributed by atoms with Crippen LogP contribution in [0.2, 0.25) is 5.02 Å². The molecule has 0 bridgehead atoms. The second-order valence-corrected chi connectivity index (χ2v) is 7.37. The maximum atomic E-state index is 9.01. The molecule has 2 unspecified atom stereocenters. The van der Waals surface area contributed by atoms with E-state index in [-0.39, 0.29) is 0 Å². The van der Waals surface area contributed by atoms with Gasteiger partial charge in [-0.25, -0.2) is 0 Å². The second-order valence-electron chi connectivity index (χ2n) is 6.93. The van der Waals surface area contributed by atoms with Gasteiger partial charge in [0, 0.05) is 23.8 Å². The molecule has 2 atom stereocenters. The van der Waals surface area contributed by atoms with E-state index < -0.39 is 0 Å². The third-order valence-electron chi connectivity index (χ3n) is 4.57. The van der Waals surface area contributed by atoms with Crippen molar-refractivity contribution in [3.05, 3.63) is 28.8 Å². The zero-order valence-corrected chi connectivity index (χ0v) is 12.4. The Morgan fingerprint density at radius 3 is 2.37 bits per heavy atom. The summed E-state index contributed by atoms with van der Waals surface area (Å²) in [4.78, 5) is 2.38. The van der Waals surface area contributed by atoms with E-state index in [9.17, 15) is 0 Å². The molecular weight excluding hydrogens is 256 g/mol. The molecule has 2 nitrogen and oxygen atoms in total. The topological polar surface area (TPSA) is 27.0 Å². The highest BCUT2D eigenvalue weighted by molar-refractivity contribution is 6.31. The first kappa shape index (κ1) is 12.8. The molecule has 19 heavy (non-hydrogen) atoms. The van der Waals surface area contributed by atoms with Crippen molar-refractivity contribution in [1.82, 2.24) is 0 Å². The fraction of sp³-hybridized carbons (Fsp3) is 0.562. The predicted octanol–water partition coefficient (Wildman–Crippen LogP) is 3.94. The molecule has 100 valence electrons. The molecule has 0 radical (unpaired) electrons. The van der Waals surface area contributed by atoms with Crippen molar-refractivity contribution in [3.8, 4) is 6.07 Å². The van der Waals surface area contributed by atoms with Gasteiger partial charge in [0.1, 0.15) is 0 Å². The molecule has 0 aromatic heterocycles. The van der Waals surface area contributed by atoms with Gasteiger partial charge >= 0.3 is 0 Å². The summed E-state index contributed by atoms with van der Waals surface area (Å²) in [5, 5.41) is 9.67. The van der Waals surface area contributed by atoms with Crippen molar-refractivity contribution in [2.45, 2.75) is 20.8 Å². The van der Waals surface area contributed by atoms with Crippen molar-refractivity contribution in [1.29, 1.82) is 5.26 Å². The van der Waals surface area contributed by atoms with E-state index in [4.69, 9.17) is 16.9 Å². The molecule has 3 rings (SSSR count). The molecule has 1 saturated carbocycles. The minimum absolute atomic E-state index is 0.424. The van der Waals surface area contributed by atoms with Gasteiger partial charge in [-0.15, -0.1) is 0 Å². The Bertz CT molecular complexity index is 541. The number of rotatable bonds is 1. The van der Waals surface area contributed by atoms with Crippen LogP contribution < -0.4 is 4.90 Å². The van der Waals surface area contributed by atoms with Crippen molar-refractivity contribution in [3.63, 3.8) is 0 Å². The Morgan fingerprint density at radius 1 is 1.21 bits per heavy atom. The smallest absolute Gasteiger partial charge is 0.0992 e. The lowest BCUT2D eigenvalue weighted by molar-refractivity contribution is 0.309. The maximum Gasteiger partial charge on any atom is 0.0992 e.